The smallest absolute Gasteiger partial charge is 0.328 e. The molecule has 3 nitrogen and oxygen atoms in total. The Morgan fingerprint density at radius 2 is 1.82 bits per heavy atom. The quantitative estimate of drug-likeness (QED) is 0.636. The molecule has 1 aliphatic heterocycles. The zero-order valence-electron chi connectivity index (χ0n) is 13.0. The lowest BCUT2D eigenvalue weighted by Crippen LogP contribution is -2.54. The molecule has 2 unspecified atom stereocenters. The molecule has 2 aromatic carbocycles. The van der Waals surface area contributed by atoms with Crippen LogP contribution in [-0.2, 0) is 4.79 Å². The Bertz CT molecular complexity index is 636. The predicted octanol–water partition coefficient (Wildman–Crippen LogP) is 3.74. The van der Waals surface area contributed by atoms with Crippen LogP contribution in [0.1, 0.15) is 30.5 Å². The van der Waals surface area contributed by atoms with Gasteiger partial charge in [0.1, 0.15) is 11.8 Å². The number of carbonyl (C=O) groups excluding carboxylic acids is 1. The maximum absolute atomic E-state index is 12.3. The van der Waals surface area contributed by atoms with Gasteiger partial charge in [-0.25, -0.2) is 4.79 Å². The van der Waals surface area contributed by atoms with Crippen LogP contribution in [0.4, 0.5) is 0 Å². The zero-order chi connectivity index (χ0) is 15.5. The molecule has 2 atom stereocenters. The Morgan fingerprint density at radius 3 is 2.41 bits per heavy atom. The molecule has 3 rings (SSSR count). The standard InChI is InChI=1S/C19H21NO2/c1-14-8-10-16(11-9-14)15(2)20-13-12-18(20)19(21)22-17-6-4-3-5-7-17/h3-11,15,18H,12-13H2,1-2H3. The molecular weight excluding hydrogens is 274 g/mol. The number of hydrogen-bond acceptors (Lipinski definition) is 3. The maximum Gasteiger partial charge on any atom is 0.328 e. The third-order valence-corrected chi connectivity index (χ3v) is 4.35. The highest BCUT2D eigenvalue weighted by molar-refractivity contribution is 5.79. The number of esters is 1. The Labute approximate surface area is 131 Å². The Kier molecular flexibility index (Phi) is 4.25. The van der Waals surface area contributed by atoms with E-state index in [9.17, 15) is 4.79 Å². The second-order valence-electron chi connectivity index (χ2n) is 5.86. The number of benzene rings is 2. The van der Waals surface area contributed by atoms with Crippen LogP contribution >= 0.6 is 0 Å². The minimum atomic E-state index is -0.156. The van der Waals surface area contributed by atoms with Crippen molar-refractivity contribution in [3.63, 3.8) is 0 Å². The normalized spacial score (nSPS) is 19.3. The summed E-state index contributed by atoms with van der Waals surface area (Å²) in [6, 6.07) is 17.9. The summed E-state index contributed by atoms with van der Waals surface area (Å²) in [4.78, 5) is 14.5. The van der Waals surface area contributed by atoms with Crippen LogP contribution in [0.2, 0.25) is 0 Å². The molecule has 0 spiro atoms. The lowest BCUT2D eigenvalue weighted by molar-refractivity contribution is -0.147. The minimum Gasteiger partial charge on any atom is -0.425 e. The van der Waals surface area contributed by atoms with Crippen LogP contribution in [0.5, 0.6) is 5.75 Å². The van der Waals surface area contributed by atoms with Crippen LogP contribution in [0.15, 0.2) is 54.6 Å². The van der Waals surface area contributed by atoms with Gasteiger partial charge in [-0.2, -0.15) is 0 Å². The molecule has 1 aliphatic rings. The van der Waals surface area contributed by atoms with Crippen LogP contribution in [-0.4, -0.2) is 23.5 Å². The third-order valence-electron chi connectivity index (χ3n) is 4.35. The average Bonchev–Trinajstić information content (AvgIpc) is 2.47. The maximum atomic E-state index is 12.3. The number of nitrogens with zero attached hydrogens (tertiary/aromatic N) is 1. The van der Waals surface area contributed by atoms with E-state index in [1.807, 2.05) is 30.3 Å². The second-order valence-corrected chi connectivity index (χ2v) is 5.86. The summed E-state index contributed by atoms with van der Waals surface area (Å²) in [5.74, 6) is 0.457. The van der Waals surface area contributed by atoms with Crippen LogP contribution in [0.3, 0.4) is 0 Å². The average molecular weight is 295 g/mol. The van der Waals surface area contributed by atoms with E-state index in [4.69, 9.17) is 4.74 Å². The van der Waals surface area contributed by atoms with Crippen molar-refractivity contribution in [3.8, 4) is 5.75 Å². The molecule has 0 aliphatic carbocycles. The summed E-state index contributed by atoms with van der Waals surface area (Å²) in [6.45, 7) is 5.16. The van der Waals surface area contributed by atoms with Gasteiger partial charge in [0.15, 0.2) is 0 Å². The number of aryl methyl sites for hydroxylation is 1. The topological polar surface area (TPSA) is 29.5 Å². The molecule has 1 fully saturated rings. The number of rotatable bonds is 4. The van der Waals surface area contributed by atoms with Crippen molar-refractivity contribution in [2.24, 2.45) is 0 Å². The Balaban J connectivity index is 1.66. The van der Waals surface area contributed by atoms with Gasteiger partial charge in [-0.05, 0) is 38.0 Å². The summed E-state index contributed by atoms with van der Waals surface area (Å²) in [5, 5.41) is 0. The zero-order valence-corrected chi connectivity index (χ0v) is 13.0. The van der Waals surface area contributed by atoms with Gasteiger partial charge >= 0.3 is 5.97 Å². The molecule has 0 amide bonds. The summed E-state index contributed by atoms with van der Waals surface area (Å²) in [5.41, 5.74) is 2.49. The van der Waals surface area contributed by atoms with Crippen molar-refractivity contribution < 1.29 is 9.53 Å². The van der Waals surface area contributed by atoms with Crippen LogP contribution in [0.25, 0.3) is 0 Å². The van der Waals surface area contributed by atoms with Gasteiger partial charge in [0.2, 0.25) is 0 Å². The molecule has 2 aromatic rings. The lowest BCUT2D eigenvalue weighted by Gasteiger charge is -2.43. The first-order chi connectivity index (χ1) is 10.6. The minimum absolute atomic E-state index is 0.142. The van der Waals surface area contributed by atoms with Crippen molar-refractivity contribution in [2.45, 2.75) is 32.4 Å². The summed E-state index contributed by atoms with van der Waals surface area (Å²) in [7, 11) is 0. The largest absolute Gasteiger partial charge is 0.425 e. The van der Waals surface area contributed by atoms with E-state index in [0.29, 0.717) is 5.75 Å². The Hall–Kier alpha value is -2.13. The summed E-state index contributed by atoms with van der Waals surface area (Å²) >= 11 is 0. The first kappa shape index (κ1) is 14.8. The highest BCUT2D eigenvalue weighted by Crippen LogP contribution is 2.31. The second kappa shape index (κ2) is 6.32. The fraction of sp³-hybridized carbons (Fsp3) is 0.316. The van der Waals surface area contributed by atoms with Crippen molar-refractivity contribution in [1.82, 2.24) is 4.90 Å². The van der Waals surface area contributed by atoms with Crippen molar-refractivity contribution in [2.75, 3.05) is 6.54 Å². The summed E-state index contributed by atoms with van der Waals surface area (Å²) < 4.78 is 5.47. The van der Waals surface area contributed by atoms with Gasteiger partial charge in [-0.1, -0.05) is 48.0 Å². The van der Waals surface area contributed by atoms with E-state index in [2.05, 4.69) is 43.0 Å². The molecule has 1 heterocycles. The number of carbonyl (C=O) groups is 1. The first-order valence-electron chi connectivity index (χ1n) is 7.74. The fourth-order valence-corrected chi connectivity index (χ4v) is 2.83. The molecule has 0 aromatic heterocycles. The van der Waals surface area contributed by atoms with Crippen LogP contribution < -0.4 is 4.74 Å². The summed E-state index contributed by atoms with van der Waals surface area (Å²) in [6.07, 6.45) is 0.863. The third kappa shape index (κ3) is 3.04. The molecular formula is C19H21NO2. The van der Waals surface area contributed by atoms with Gasteiger partial charge in [-0.3, -0.25) is 4.90 Å². The van der Waals surface area contributed by atoms with Gasteiger partial charge < -0.3 is 4.74 Å². The Morgan fingerprint density at radius 1 is 1.14 bits per heavy atom. The number of hydrogen-bond donors (Lipinski definition) is 0. The van der Waals surface area contributed by atoms with Crippen molar-refractivity contribution >= 4 is 5.97 Å². The number of para-hydroxylation sites is 1. The number of ether oxygens (including phenoxy) is 1. The van der Waals surface area contributed by atoms with E-state index in [1.165, 1.54) is 11.1 Å². The van der Waals surface area contributed by atoms with Crippen molar-refractivity contribution in [1.29, 1.82) is 0 Å². The van der Waals surface area contributed by atoms with E-state index in [1.54, 1.807) is 0 Å². The molecule has 1 saturated heterocycles. The van der Waals surface area contributed by atoms with Gasteiger partial charge in [0, 0.05) is 12.6 Å². The molecule has 22 heavy (non-hydrogen) atoms. The number of likely N-dealkylation sites (tertiary alicyclic amines) is 1. The van der Waals surface area contributed by atoms with Gasteiger partial charge in [-0.15, -0.1) is 0 Å². The van der Waals surface area contributed by atoms with Crippen LogP contribution in [0, 0.1) is 6.92 Å². The molecule has 0 radical (unpaired) electrons. The predicted molar refractivity (Wildman–Crippen MR) is 86.8 cm³/mol. The van der Waals surface area contributed by atoms with E-state index >= 15 is 0 Å². The molecule has 0 bridgehead atoms. The molecule has 3 heteroatoms. The SMILES string of the molecule is Cc1ccc(C(C)N2CCC2C(=O)Oc2ccccc2)cc1. The molecule has 114 valence electrons. The lowest BCUT2D eigenvalue weighted by atomic mass is 9.96. The first-order valence-corrected chi connectivity index (χ1v) is 7.74. The highest BCUT2D eigenvalue weighted by Gasteiger charge is 2.38. The van der Waals surface area contributed by atoms with E-state index in [0.717, 1.165) is 13.0 Å². The fourth-order valence-electron chi connectivity index (χ4n) is 2.83. The van der Waals surface area contributed by atoms with Gasteiger partial charge in [0.05, 0.1) is 0 Å². The van der Waals surface area contributed by atoms with Crippen molar-refractivity contribution in [3.05, 3.63) is 65.7 Å². The van der Waals surface area contributed by atoms with E-state index < -0.39 is 0 Å². The highest BCUT2D eigenvalue weighted by atomic mass is 16.5. The van der Waals surface area contributed by atoms with Gasteiger partial charge in [0.25, 0.3) is 0 Å². The molecule has 0 N–H and O–H groups in total. The van der Waals surface area contributed by atoms with E-state index in [-0.39, 0.29) is 18.1 Å². The molecule has 0 saturated carbocycles. The monoisotopic (exact) mass is 295 g/mol.